The fourth-order valence-corrected chi connectivity index (χ4v) is 1.56. The van der Waals surface area contributed by atoms with Crippen LogP contribution in [0, 0.1) is 11.7 Å². The van der Waals surface area contributed by atoms with Crippen molar-refractivity contribution in [3.63, 3.8) is 0 Å². The molecule has 1 unspecified atom stereocenters. The lowest BCUT2D eigenvalue weighted by Crippen LogP contribution is -2.29. The summed E-state index contributed by atoms with van der Waals surface area (Å²) in [7, 11) is 1.38. The highest BCUT2D eigenvalue weighted by Gasteiger charge is 2.10. The van der Waals surface area contributed by atoms with Crippen molar-refractivity contribution in [2.45, 2.75) is 13.3 Å². The molecule has 0 aliphatic carbocycles. The van der Waals surface area contributed by atoms with E-state index in [1.165, 1.54) is 25.3 Å². The van der Waals surface area contributed by atoms with Gasteiger partial charge in [-0.1, -0.05) is 6.92 Å². The Labute approximate surface area is 106 Å². The molecular formula is C13H19FN2O2. The van der Waals surface area contributed by atoms with Gasteiger partial charge in [0.1, 0.15) is 0 Å². The maximum Gasteiger partial charge on any atom is 0.251 e. The van der Waals surface area contributed by atoms with Gasteiger partial charge < -0.3 is 15.8 Å². The van der Waals surface area contributed by atoms with Crippen LogP contribution in [0.2, 0.25) is 0 Å². The van der Waals surface area contributed by atoms with E-state index in [4.69, 9.17) is 10.5 Å². The molecular weight excluding hydrogens is 235 g/mol. The molecule has 0 heterocycles. The van der Waals surface area contributed by atoms with Gasteiger partial charge in [0.2, 0.25) is 0 Å². The molecule has 0 fully saturated rings. The van der Waals surface area contributed by atoms with Crippen molar-refractivity contribution in [1.29, 1.82) is 0 Å². The summed E-state index contributed by atoms with van der Waals surface area (Å²) in [6.07, 6.45) is 0.844. The molecule has 0 bridgehead atoms. The number of nitrogens with one attached hydrogen (secondary N) is 1. The lowest BCUT2D eigenvalue weighted by Gasteiger charge is -2.11. The van der Waals surface area contributed by atoms with Gasteiger partial charge in [-0.2, -0.15) is 0 Å². The molecule has 5 heteroatoms. The average molecular weight is 254 g/mol. The molecule has 1 aromatic rings. The fourth-order valence-electron chi connectivity index (χ4n) is 1.56. The zero-order valence-electron chi connectivity index (χ0n) is 10.7. The quantitative estimate of drug-likeness (QED) is 0.809. The van der Waals surface area contributed by atoms with E-state index < -0.39 is 5.82 Å². The molecule has 1 rings (SSSR count). The second-order valence-electron chi connectivity index (χ2n) is 4.24. The van der Waals surface area contributed by atoms with E-state index in [1.807, 2.05) is 6.92 Å². The normalized spacial score (nSPS) is 12.0. The molecule has 1 aromatic carbocycles. The number of carbonyl (C=O) groups is 1. The van der Waals surface area contributed by atoms with Gasteiger partial charge >= 0.3 is 0 Å². The predicted octanol–water partition coefficient (Wildman–Crippen LogP) is 1.55. The Balaban J connectivity index is 2.59. The molecule has 0 aromatic heterocycles. The van der Waals surface area contributed by atoms with Gasteiger partial charge in [-0.15, -0.1) is 0 Å². The topological polar surface area (TPSA) is 64.3 Å². The molecule has 1 amide bonds. The predicted molar refractivity (Wildman–Crippen MR) is 68.1 cm³/mol. The summed E-state index contributed by atoms with van der Waals surface area (Å²) in [6.45, 7) is 3.12. The zero-order valence-corrected chi connectivity index (χ0v) is 10.7. The van der Waals surface area contributed by atoms with Gasteiger partial charge in [0.25, 0.3) is 5.91 Å². The van der Waals surface area contributed by atoms with Gasteiger partial charge in [-0.05, 0) is 37.1 Å². The molecule has 0 spiro atoms. The monoisotopic (exact) mass is 254 g/mol. The highest BCUT2D eigenvalue weighted by atomic mass is 19.1. The number of hydrogen-bond acceptors (Lipinski definition) is 3. The number of nitrogens with two attached hydrogens (primary N) is 1. The van der Waals surface area contributed by atoms with Crippen LogP contribution in [0.5, 0.6) is 5.75 Å². The minimum Gasteiger partial charge on any atom is -0.494 e. The van der Waals surface area contributed by atoms with Crippen LogP contribution in [0.3, 0.4) is 0 Å². The van der Waals surface area contributed by atoms with Crippen LogP contribution < -0.4 is 15.8 Å². The van der Waals surface area contributed by atoms with Crippen LogP contribution in [0.4, 0.5) is 4.39 Å². The molecule has 0 saturated heterocycles. The van der Waals surface area contributed by atoms with Crippen molar-refractivity contribution >= 4 is 5.91 Å². The minimum absolute atomic E-state index is 0.128. The second-order valence-corrected chi connectivity index (χ2v) is 4.24. The average Bonchev–Trinajstić information content (AvgIpc) is 2.36. The third-order valence-corrected chi connectivity index (χ3v) is 2.68. The van der Waals surface area contributed by atoms with Crippen molar-refractivity contribution in [3.8, 4) is 5.75 Å². The summed E-state index contributed by atoms with van der Waals surface area (Å²) in [5.41, 5.74) is 5.71. The molecule has 4 nitrogen and oxygen atoms in total. The van der Waals surface area contributed by atoms with Crippen molar-refractivity contribution in [1.82, 2.24) is 5.32 Å². The number of halogens is 1. The van der Waals surface area contributed by atoms with Crippen LogP contribution in [0.15, 0.2) is 18.2 Å². The number of rotatable bonds is 6. The van der Waals surface area contributed by atoms with Gasteiger partial charge in [0, 0.05) is 12.1 Å². The summed E-state index contributed by atoms with van der Waals surface area (Å²) >= 11 is 0. The molecule has 1 atom stereocenters. The maximum absolute atomic E-state index is 13.4. The van der Waals surface area contributed by atoms with Crippen LogP contribution in [0.25, 0.3) is 0 Å². The van der Waals surface area contributed by atoms with Gasteiger partial charge in [-0.25, -0.2) is 4.39 Å². The highest BCUT2D eigenvalue weighted by Crippen LogP contribution is 2.17. The lowest BCUT2D eigenvalue weighted by molar-refractivity contribution is 0.0947. The third kappa shape index (κ3) is 4.00. The third-order valence-electron chi connectivity index (χ3n) is 2.68. The Morgan fingerprint density at radius 3 is 2.83 bits per heavy atom. The van der Waals surface area contributed by atoms with E-state index in [9.17, 15) is 9.18 Å². The highest BCUT2D eigenvalue weighted by molar-refractivity contribution is 5.94. The van der Waals surface area contributed by atoms with Crippen molar-refractivity contribution < 1.29 is 13.9 Å². The smallest absolute Gasteiger partial charge is 0.251 e. The maximum atomic E-state index is 13.4. The van der Waals surface area contributed by atoms with Gasteiger partial charge in [0.05, 0.1) is 7.11 Å². The Morgan fingerprint density at radius 1 is 1.56 bits per heavy atom. The van der Waals surface area contributed by atoms with Crippen LogP contribution >= 0.6 is 0 Å². The summed E-state index contributed by atoms with van der Waals surface area (Å²) in [4.78, 5) is 11.8. The minimum atomic E-state index is -0.542. The number of methoxy groups -OCH3 is 1. The van der Waals surface area contributed by atoms with Crippen molar-refractivity contribution in [2.24, 2.45) is 11.7 Å². The molecule has 18 heavy (non-hydrogen) atoms. The van der Waals surface area contributed by atoms with Crippen LogP contribution in [-0.2, 0) is 0 Å². The summed E-state index contributed by atoms with van der Waals surface area (Å²) in [5.74, 6) is -0.398. The zero-order chi connectivity index (χ0) is 13.5. The van der Waals surface area contributed by atoms with E-state index in [0.29, 0.717) is 19.0 Å². The van der Waals surface area contributed by atoms with Crippen LogP contribution in [-0.4, -0.2) is 26.1 Å². The van der Waals surface area contributed by atoms with E-state index in [2.05, 4.69) is 5.32 Å². The van der Waals surface area contributed by atoms with E-state index in [0.717, 1.165) is 6.42 Å². The second kappa shape index (κ2) is 6.96. The van der Waals surface area contributed by atoms with E-state index in [1.54, 1.807) is 0 Å². The Kier molecular flexibility index (Phi) is 5.58. The Hall–Kier alpha value is -1.62. The van der Waals surface area contributed by atoms with Gasteiger partial charge in [-0.3, -0.25) is 4.79 Å². The summed E-state index contributed by atoms with van der Waals surface area (Å²) in [6, 6.07) is 4.14. The molecule has 100 valence electrons. The molecule has 0 aliphatic rings. The largest absolute Gasteiger partial charge is 0.494 e. The molecule has 0 aliphatic heterocycles. The van der Waals surface area contributed by atoms with Crippen LogP contribution in [0.1, 0.15) is 23.7 Å². The standard InChI is InChI=1S/C13H19FN2O2/c1-9(5-6-15)8-16-13(17)10-3-4-12(18-2)11(14)7-10/h3-4,7,9H,5-6,8,15H2,1-2H3,(H,16,17). The molecule has 0 radical (unpaired) electrons. The first kappa shape index (κ1) is 14.4. The van der Waals surface area contributed by atoms with Crippen molar-refractivity contribution in [3.05, 3.63) is 29.6 Å². The first-order valence-electron chi connectivity index (χ1n) is 5.90. The summed E-state index contributed by atoms with van der Waals surface area (Å²) in [5, 5.41) is 2.75. The van der Waals surface area contributed by atoms with E-state index >= 15 is 0 Å². The SMILES string of the molecule is COc1ccc(C(=O)NCC(C)CCN)cc1F. The fraction of sp³-hybridized carbons (Fsp3) is 0.462. The van der Waals surface area contributed by atoms with Crippen molar-refractivity contribution in [2.75, 3.05) is 20.2 Å². The number of hydrogen-bond donors (Lipinski definition) is 2. The lowest BCUT2D eigenvalue weighted by atomic mass is 10.1. The number of benzene rings is 1. The Morgan fingerprint density at radius 2 is 2.28 bits per heavy atom. The summed E-state index contributed by atoms with van der Waals surface area (Å²) < 4.78 is 18.2. The molecule has 3 N–H and O–H groups in total. The number of ether oxygens (including phenoxy) is 1. The number of amides is 1. The number of carbonyl (C=O) groups excluding carboxylic acids is 1. The van der Waals surface area contributed by atoms with Gasteiger partial charge in [0.15, 0.2) is 11.6 Å². The first-order chi connectivity index (χ1) is 8.58. The Bertz CT molecular complexity index is 410. The van der Waals surface area contributed by atoms with E-state index in [-0.39, 0.29) is 17.2 Å². The first-order valence-corrected chi connectivity index (χ1v) is 5.90. The molecule has 0 saturated carbocycles.